The van der Waals surface area contributed by atoms with E-state index in [0.717, 1.165) is 17.7 Å². The van der Waals surface area contributed by atoms with Crippen LogP contribution in [-0.4, -0.2) is 4.98 Å². The van der Waals surface area contributed by atoms with Crippen molar-refractivity contribution in [2.75, 3.05) is 0 Å². The minimum Gasteiger partial charge on any atom is -0.448 e. The monoisotopic (exact) mass is 508 g/mol. The molecule has 0 aliphatic rings. The standard InChI is InChI=1S/C25H18Cl2F4N2O/c26-19-6-8-22(32-14-19)24(13-16-4-2-1-3-5-16,33-15-21-7-9-23(27)34-21)17-10-18(25(29,30)31)12-20(28)11-17/h1-12,14,33H,13,15H2. The first kappa shape index (κ1) is 24.3. The number of pyridine rings is 1. The molecule has 0 saturated heterocycles. The Morgan fingerprint density at radius 2 is 1.62 bits per heavy atom. The first-order chi connectivity index (χ1) is 16.2. The molecule has 0 fully saturated rings. The van der Waals surface area contributed by atoms with Crippen LogP contribution in [0.25, 0.3) is 0 Å². The van der Waals surface area contributed by atoms with Crippen LogP contribution in [-0.2, 0) is 24.7 Å². The smallest absolute Gasteiger partial charge is 0.416 e. The molecule has 2 aromatic heterocycles. The first-order valence-corrected chi connectivity index (χ1v) is 10.9. The Kier molecular flexibility index (Phi) is 6.98. The summed E-state index contributed by atoms with van der Waals surface area (Å²) in [6, 6.07) is 18.0. The number of benzene rings is 2. The Bertz CT molecular complexity index is 1260. The number of rotatable bonds is 7. The third-order valence-corrected chi connectivity index (χ3v) is 5.81. The fourth-order valence-corrected chi connectivity index (χ4v) is 4.08. The van der Waals surface area contributed by atoms with Crippen molar-refractivity contribution >= 4 is 23.2 Å². The fraction of sp³-hybridized carbons (Fsp3) is 0.160. The van der Waals surface area contributed by atoms with E-state index in [2.05, 4.69) is 10.3 Å². The van der Waals surface area contributed by atoms with Crippen LogP contribution in [0.3, 0.4) is 0 Å². The quantitative estimate of drug-likeness (QED) is 0.264. The summed E-state index contributed by atoms with van der Waals surface area (Å²) in [6.07, 6.45) is -3.18. The molecule has 0 spiro atoms. The lowest BCUT2D eigenvalue weighted by Crippen LogP contribution is -2.46. The normalized spacial score (nSPS) is 13.6. The summed E-state index contributed by atoms with van der Waals surface area (Å²) in [5, 5.41) is 3.80. The molecule has 4 rings (SSSR count). The second-order valence-corrected chi connectivity index (χ2v) is 8.52. The van der Waals surface area contributed by atoms with Gasteiger partial charge in [0.2, 0.25) is 0 Å². The van der Waals surface area contributed by atoms with E-state index in [1.807, 2.05) is 30.3 Å². The van der Waals surface area contributed by atoms with Crippen LogP contribution >= 0.6 is 23.2 Å². The van der Waals surface area contributed by atoms with Gasteiger partial charge in [0.05, 0.1) is 28.4 Å². The third kappa shape index (κ3) is 5.43. The summed E-state index contributed by atoms with van der Waals surface area (Å²) in [7, 11) is 0. The molecule has 1 unspecified atom stereocenters. The molecule has 34 heavy (non-hydrogen) atoms. The van der Waals surface area contributed by atoms with Crippen molar-refractivity contribution < 1.29 is 22.0 Å². The summed E-state index contributed by atoms with van der Waals surface area (Å²) < 4.78 is 60.9. The number of nitrogens with zero attached hydrogens (tertiary/aromatic N) is 1. The Labute approximate surface area is 203 Å². The Hall–Kier alpha value is -2.87. The van der Waals surface area contributed by atoms with Gasteiger partial charge in [-0.3, -0.25) is 10.3 Å². The van der Waals surface area contributed by atoms with Crippen molar-refractivity contribution in [2.24, 2.45) is 0 Å². The van der Waals surface area contributed by atoms with Crippen LogP contribution in [0.5, 0.6) is 0 Å². The molecule has 2 aromatic carbocycles. The van der Waals surface area contributed by atoms with Gasteiger partial charge in [-0.15, -0.1) is 0 Å². The average Bonchev–Trinajstić information content (AvgIpc) is 3.22. The zero-order valence-electron chi connectivity index (χ0n) is 17.5. The summed E-state index contributed by atoms with van der Waals surface area (Å²) in [6.45, 7) is 0.0850. The highest BCUT2D eigenvalue weighted by atomic mass is 35.5. The SMILES string of the molecule is Fc1cc(C(F)(F)F)cc(C(Cc2ccccc2)(NCc2ccc(Cl)o2)c2ccc(Cl)cn2)c1. The molecule has 1 atom stereocenters. The molecule has 0 radical (unpaired) electrons. The van der Waals surface area contributed by atoms with E-state index in [1.165, 1.54) is 6.20 Å². The lowest BCUT2D eigenvalue weighted by atomic mass is 9.79. The lowest BCUT2D eigenvalue weighted by molar-refractivity contribution is -0.137. The second kappa shape index (κ2) is 9.78. The molecule has 2 heterocycles. The van der Waals surface area contributed by atoms with E-state index in [4.69, 9.17) is 27.6 Å². The largest absolute Gasteiger partial charge is 0.448 e. The number of halogens is 6. The van der Waals surface area contributed by atoms with E-state index in [-0.39, 0.29) is 23.7 Å². The van der Waals surface area contributed by atoms with Gasteiger partial charge in [0, 0.05) is 12.6 Å². The Morgan fingerprint density at radius 1 is 0.882 bits per heavy atom. The van der Waals surface area contributed by atoms with Crippen LogP contribution in [0.4, 0.5) is 17.6 Å². The number of nitrogens with one attached hydrogen (secondary N) is 1. The highest BCUT2D eigenvalue weighted by molar-refractivity contribution is 6.30. The fourth-order valence-electron chi connectivity index (χ4n) is 3.81. The van der Waals surface area contributed by atoms with E-state index in [0.29, 0.717) is 22.5 Å². The van der Waals surface area contributed by atoms with Gasteiger partial charge in [0.1, 0.15) is 11.6 Å². The minimum absolute atomic E-state index is 0.0520. The van der Waals surface area contributed by atoms with Gasteiger partial charge >= 0.3 is 6.18 Å². The lowest BCUT2D eigenvalue weighted by Gasteiger charge is -2.36. The maximum Gasteiger partial charge on any atom is 0.416 e. The zero-order chi connectivity index (χ0) is 24.3. The van der Waals surface area contributed by atoms with Crippen molar-refractivity contribution in [3.63, 3.8) is 0 Å². The second-order valence-electron chi connectivity index (χ2n) is 7.72. The number of alkyl halides is 3. The molecule has 1 N–H and O–H groups in total. The topological polar surface area (TPSA) is 38.1 Å². The number of hydrogen-bond acceptors (Lipinski definition) is 3. The van der Waals surface area contributed by atoms with E-state index >= 15 is 0 Å². The van der Waals surface area contributed by atoms with Crippen molar-refractivity contribution in [1.29, 1.82) is 0 Å². The Balaban J connectivity index is 1.93. The predicted molar refractivity (Wildman–Crippen MR) is 122 cm³/mol. The Morgan fingerprint density at radius 3 is 2.24 bits per heavy atom. The molecule has 3 nitrogen and oxygen atoms in total. The molecular formula is C25H18Cl2F4N2O. The minimum atomic E-state index is -4.74. The molecule has 0 aliphatic heterocycles. The summed E-state index contributed by atoms with van der Waals surface area (Å²) >= 11 is 11.9. The van der Waals surface area contributed by atoms with Gasteiger partial charge in [0.15, 0.2) is 5.22 Å². The maximum atomic E-state index is 14.6. The highest BCUT2D eigenvalue weighted by Crippen LogP contribution is 2.38. The summed E-state index contributed by atoms with van der Waals surface area (Å²) in [4.78, 5) is 4.41. The van der Waals surface area contributed by atoms with Crippen molar-refractivity contribution in [2.45, 2.75) is 24.7 Å². The average molecular weight is 509 g/mol. The molecule has 4 aromatic rings. The van der Waals surface area contributed by atoms with Crippen molar-refractivity contribution in [3.8, 4) is 0 Å². The van der Waals surface area contributed by atoms with Gasteiger partial charge in [-0.25, -0.2) is 4.39 Å². The van der Waals surface area contributed by atoms with Crippen LogP contribution in [0.2, 0.25) is 10.2 Å². The molecular weight excluding hydrogens is 491 g/mol. The van der Waals surface area contributed by atoms with E-state index in [9.17, 15) is 17.6 Å². The molecule has 0 bridgehead atoms. The van der Waals surface area contributed by atoms with Gasteiger partial charge in [-0.2, -0.15) is 13.2 Å². The van der Waals surface area contributed by atoms with Gasteiger partial charge in [0.25, 0.3) is 0 Å². The van der Waals surface area contributed by atoms with E-state index < -0.39 is 23.1 Å². The zero-order valence-corrected chi connectivity index (χ0v) is 19.1. The molecule has 176 valence electrons. The highest BCUT2D eigenvalue weighted by Gasteiger charge is 2.39. The molecule has 0 aliphatic carbocycles. The maximum absolute atomic E-state index is 14.6. The van der Waals surface area contributed by atoms with E-state index in [1.54, 1.807) is 24.3 Å². The molecule has 0 saturated carbocycles. The van der Waals surface area contributed by atoms with Crippen LogP contribution in [0, 0.1) is 5.82 Å². The third-order valence-electron chi connectivity index (χ3n) is 5.39. The molecule has 9 heteroatoms. The van der Waals surface area contributed by atoms with Crippen LogP contribution < -0.4 is 5.32 Å². The van der Waals surface area contributed by atoms with Gasteiger partial charge in [-0.1, -0.05) is 41.9 Å². The van der Waals surface area contributed by atoms with Crippen molar-refractivity contribution in [1.82, 2.24) is 10.3 Å². The van der Waals surface area contributed by atoms with Gasteiger partial charge in [-0.05, 0) is 65.2 Å². The van der Waals surface area contributed by atoms with Crippen molar-refractivity contribution in [3.05, 3.63) is 123 Å². The molecule has 0 amide bonds. The number of hydrogen-bond donors (Lipinski definition) is 1. The summed E-state index contributed by atoms with van der Waals surface area (Å²) in [5.74, 6) is -0.567. The van der Waals surface area contributed by atoms with Crippen LogP contribution in [0.15, 0.2) is 83.4 Å². The van der Waals surface area contributed by atoms with Gasteiger partial charge < -0.3 is 4.42 Å². The number of aromatic nitrogens is 1. The number of furan rings is 1. The first-order valence-electron chi connectivity index (χ1n) is 10.2. The summed E-state index contributed by atoms with van der Waals surface area (Å²) in [5.41, 5.74) is -1.26. The predicted octanol–water partition coefficient (Wildman–Crippen LogP) is 7.42. The van der Waals surface area contributed by atoms with Crippen LogP contribution in [0.1, 0.15) is 28.1 Å².